The largest absolute Gasteiger partial charge is 0.480 e. The second kappa shape index (κ2) is 8.38. The summed E-state index contributed by atoms with van der Waals surface area (Å²) in [6.45, 7) is 13.3. The Hall–Kier alpha value is -1.08. The van der Waals surface area contributed by atoms with Gasteiger partial charge in [-0.2, -0.15) is 0 Å². The molecule has 0 aliphatic rings. The van der Waals surface area contributed by atoms with Crippen LogP contribution in [0.25, 0.3) is 0 Å². The Morgan fingerprint density at radius 3 is 2.19 bits per heavy atom. The summed E-state index contributed by atoms with van der Waals surface area (Å²) < 4.78 is 7.20. The first kappa shape index (κ1) is 19.9. The van der Waals surface area contributed by atoms with Gasteiger partial charge in [0, 0.05) is 6.54 Å². The number of rotatable bonds is 8. The van der Waals surface area contributed by atoms with Crippen molar-refractivity contribution in [3.63, 3.8) is 0 Å². The number of nitrogens with zero attached hydrogens (tertiary/aromatic N) is 1. The molecule has 0 radical (unpaired) electrons. The minimum absolute atomic E-state index is 0.0925. The molecular formula is C14H30N2O4Si. The average Bonchev–Trinajstić information content (AvgIpc) is 2.22. The molecule has 0 saturated carbocycles. The van der Waals surface area contributed by atoms with Gasteiger partial charge < -0.3 is 19.7 Å². The van der Waals surface area contributed by atoms with Crippen molar-refractivity contribution in [1.82, 2.24) is 9.88 Å². The van der Waals surface area contributed by atoms with Crippen LogP contribution in [0.5, 0.6) is 0 Å². The lowest BCUT2D eigenvalue weighted by molar-refractivity contribution is -0.137. The van der Waals surface area contributed by atoms with Crippen LogP contribution in [-0.4, -0.2) is 55.2 Å². The lowest BCUT2D eigenvalue weighted by atomic mass is 10.2. The molecule has 1 amide bonds. The molecule has 0 aromatic rings. The van der Waals surface area contributed by atoms with Gasteiger partial charge in [-0.15, -0.1) is 0 Å². The first-order valence-corrected chi connectivity index (χ1v) is 10.8. The van der Waals surface area contributed by atoms with Crippen LogP contribution >= 0.6 is 0 Å². The molecule has 0 rings (SSSR count). The SMILES string of the molecule is CC(C)(C)OC(=O)NCCCCN(CC(=O)O)[Si](C)(C)C. The molecule has 0 heterocycles. The van der Waals surface area contributed by atoms with Crippen LogP contribution in [0.3, 0.4) is 0 Å². The van der Waals surface area contributed by atoms with Gasteiger partial charge in [0.1, 0.15) is 13.8 Å². The van der Waals surface area contributed by atoms with E-state index in [2.05, 4.69) is 29.5 Å². The van der Waals surface area contributed by atoms with Crippen molar-refractivity contribution in [3.05, 3.63) is 0 Å². The molecule has 0 unspecified atom stereocenters. The van der Waals surface area contributed by atoms with E-state index in [1.807, 2.05) is 20.8 Å². The lowest BCUT2D eigenvalue weighted by Gasteiger charge is -2.32. The lowest BCUT2D eigenvalue weighted by Crippen LogP contribution is -2.49. The van der Waals surface area contributed by atoms with Crippen LogP contribution in [0.15, 0.2) is 0 Å². The predicted octanol–water partition coefficient (Wildman–Crippen LogP) is 2.51. The summed E-state index contributed by atoms with van der Waals surface area (Å²) in [5.74, 6) is -0.788. The zero-order chi connectivity index (χ0) is 16.7. The molecule has 0 bridgehead atoms. The van der Waals surface area contributed by atoms with Crippen LogP contribution in [0.2, 0.25) is 19.6 Å². The predicted molar refractivity (Wildman–Crippen MR) is 86.0 cm³/mol. The van der Waals surface area contributed by atoms with Gasteiger partial charge in [0.2, 0.25) is 0 Å². The Balaban J connectivity index is 3.96. The van der Waals surface area contributed by atoms with Gasteiger partial charge in [0.05, 0.1) is 6.54 Å². The Labute approximate surface area is 128 Å². The van der Waals surface area contributed by atoms with E-state index in [0.29, 0.717) is 6.54 Å². The van der Waals surface area contributed by atoms with E-state index in [1.54, 1.807) is 0 Å². The number of carbonyl (C=O) groups is 2. The number of carboxylic acids is 1. The van der Waals surface area contributed by atoms with Crippen LogP contribution in [0.4, 0.5) is 4.79 Å². The molecule has 0 aliphatic carbocycles. The van der Waals surface area contributed by atoms with Gasteiger partial charge in [-0.25, -0.2) is 4.79 Å². The second-order valence-electron chi connectivity index (χ2n) is 7.12. The van der Waals surface area contributed by atoms with Gasteiger partial charge >= 0.3 is 12.1 Å². The van der Waals surface area contributed by atoms with E-state index >= 15 is 0 Å². The number of hydrogen-bond acceptors (Lipinski definition) is 4. The van der Waals surface area contributed by atoms with Crippen molar-refractivity contribution in [1.29, 1.82) is 0 Å². The molecule has 0 spiro atoms. The van der Waals surface area contributed by atoms with E-state index in [0.717, 1.165) is 19.4 Å². The van der Waals surface area contributed by atoms with Gasteiger partial charge in [0.25, 0.3) is 0 Å². The quantitative estimate of drug-likeness (QED) is 0.531. The number of unbranched alkanes of at least 4 members (excludes halogenated alkanes) is 1. The van der Waals surface area contributed by atoms with E-state index in [1.165, 1.54) is 0 Å². The summed E-state index contributed by atoms with van der Waals surface area (Å²) in [7, 11) is -1.62. The van der Waals surface area contributed by atoms with Gasteiger partial charge in [-0.3, -0.25) is 4.79 Å². The van der Waals surface area contributed by atoms with Crippen molar-refractivity contribution in [2.75, 3.05) is 19.6 Å². The zero-order valence-corrected chi connectivity index (χ0v) is 15.2. The zero-order valence-electron chi connectivity index (χ0n) is 14.2. The maximum absolute atomic E-state index is 11.4. The van der Waals surface area contributed by atoms with Crippen molar-refractivity contribution in [3.8, 4) is 0 Å². The van der Waals surface area contributed by atoms with Gasteiger partial charge in [-0.1, -0.05) is 19.6 Å². The van der Waals surface area contributed by atoms with Gasteiger partial charge in [-0.05, 0) is 40.2 Å². The molecule has 0 fully saturated rings. The third-order valence-electron chi connectivity index (χ3n) is 2.80. The molecule has 0 atom stereocenters. The number of alkyl carbamates (subject to hydrolysis) is 1. The third-order valence-corrected chi connectivity index (χ3v) is 5.08. The highest BCUT2D eigenvalue weighted by molar-refractivity contribution is 6.73. The van der Waals surface area contributed by atoms with Crippen LogP contribution in [-0.2, 0) is 9.53 Å². The molecule has 6 nitrogen and oxygen atoms in total. The highest BCUT2D eigenvalue weighted by Crippen LogP contribution is 2.10. The van der Waals surface area contributed by atoms with Crippen molar-refractivity contribution in [2.24, 2.45) is 0 Å². The molecule has 2 N–H and O–H groups in total. The average molecular weight is 318 g/mol. The fraction of sp³-hybridized carbons (Fsp3) is 0.857. The molecule has 0 aromatic heterocycles. The minimum atomic E-state index is -1.62. The number of ether oxygens (including phenoxy) is 1. The Morgan fingerprint density at radius 1 is 1.19 bits per heavy atom. The summed E-state index contributed by atoms with van der Waals surface area (Å²) in [6.07, 6.45) is 1.25. The monoisotopic (exact) mass is 318 g/mol. The fourth-order valence-corrected chi connectivity index (χ4v) is 3.19. The standard InChI is InChI=1S/C14H30N2O4Si/c1-14(2,3)20-13(19)15-9-7-8-10-16(11-12(17)18)21(4,5)6/h7-11H2,1-6H3,(H,15,19)(H,17,18). The number of amides is 1. The molecule has 21 heavy (non-hydrogen) atoms. The summed E-state index contributed by atoms with van der Waals surface area (Å²) in [4.78, 5) is 22.3. The van der Waals surface area contributed by atoms with Gasteiger partial charge in [0.15, 0.2) is 0 Å². The van der Waals surface area contributed by atoms with Crippen LogP contribution in [0, 0.1) is 0 Å². The highest BCUT2D eigenvalue weighted by Gasteiger charge is 2.25. The number of carboxylic acid groups (broad SMARTS) is 1. The molecule has 124 valence electrons. The summed E-state index contributed by atoms with van der Waals surface area (Å²) in [5.41, 5.74) is -0.486. The fourth-order valence-electron chi connectivity index (χ4n) is 1.75. The molecule has 7 heteroatoms. The second-order valence-corrected chi connectivity index (χ2v) is 12.1. The Morgan fingerprint density at radius 2 is 1.76 bits per heavy atom. The summed E-state index contributed by atoms with van der Waals surface area (Å²) >= 11 is 0. The number of nitrogens with one attached hydrogen (secondary N) is 1. The van der Waals surface area contributed by atoms with E-state index in [4.69, 9.17) is 9.84 Å². The van der Waals surface area contributed by atoms with E-state index in [-0.39, 0.29) is 6.54 Å². The van der Waals surface area contributed by atoms with E-state index in [9.17, 15) is 9.59 Å². The summed E-state index contributed by atoms with van der Waals surface area (Å²) in [5, 5.41) is 11.6. The summed E-state index contributed by atoms with van der Waals surface area (Å²) in [6, 6.07) is 0. The van der Waals surface area contributed by atoms with Crippen LogP contribution in [0.1, 0.15) is 33.6 Å². The first-order chi connectivity index (χ1) is 9.42. The molecule has 0 aliphatic heterocycles. The number of carbonyl (C=O) groups excluding carboxylic acids is 1. The number of aliphatic carboxylic acids is 1. The third kappa shape index (κ3) is 11.3. The van der Waals surface area contributed by atoms with Crippen molar-refractivity contribution >= 4 is 20.3 Å². The maximum atomic E-state index is 11.4. The maximum Gasteiger partial charge on any atom is 0.407 e. The highest BCUT2D eigenvalue weighted by atomic mass is 28.3. The molecule has 0 saturated heterocycles. The number of hydrogen-bond donors (Lipinski definition) is 2. The minimum Gasteiger partial charge on any atom is -0.480 e. The smallest absolute Gasteiger partial charge is 0.407 e. The molecule has 0 aromatic carbocycles. The van der Waals surface area contributed by atoms with E-state index < -0.39 is 25.9 Å². The topological polar surface area (TPSA) is 78.9 Å². The Bertz CT molecular complexity index is 348. The molecular weight excluding hydrogens is 288 g/mol. The Kier molecular flexibility index (Phi) is 7.95. The normalized spacial score (nSPS) is 12.3. The van der Waals surface area contributed by atoms with Crippen molar-refractivity contribution in [2.45, 2.75) is 58.9 Å². The van der Waals surface area contributed by atoms with Crippen LogP contribution < -0.4 is 5.32 Å². The van der Waals surface area contributed by atoms with Crippen molar-refractivity contribution < 1.29 is 19.4 Å². The first-order valence-electron chi connectivity index (χ1n) is 7.35.